The van der Waals surface area contributed by atoms with Gasteiger partial charge in [0.2, 0.25) is 0 Å². The van der Waals surface area contributed by atoms with E-state index in [0.29, 0.717) is 23.5 Å². The van der Waals surface area contributed by atoms with Crippen molar-refractivity contribution in [2.24, 2.45) is 0 Å². The zero-order valence-corrected chi connectivity index (χ0v) is 13.3. The van der Waals surface area contributed by atoms with Gasteiger partial charge in [-0.1, -0.05) is 41.9 Å². The summed E-state index contributed by atoms with van der Waals surface area (Å²) in [5, 5.41) is 9.31. The maximum Gasteiger partial charge on any atom is 0.127 e. The minimum Gasteiger partial charge on any atom is -0.488 e. The zero-order chi connectivity index (χ0) is 16.9. The molecule has 0 fully saturated rings. The minimum absolute atomic E-state index is 0.225. The molecule has 0 unspecified atom stereocenters. The third-order valence-corrected chi connectivity index (χ3v) is 3.88. The lowest BCUT2D eigenvalue weighted by Gasteiger charge is -2.13. The first-order valence-corrected chi connectivity index (χ1v) is 7.57. The van der Waals surface area contributed by atoms with Crippen molar-refractivity contribution in [2.75, 3.05) is 0 Å². The van der Waals surface area contributed by atoms with Crippen molar-refractivity contribution in [3.63, 3.8) is 0 Å². The summed E-state index contributed by atoms with van der Waals surface area (Å²) in [5.74, 6) is 0.0505. The molecular weight excluding hydrogens is 327 g/mol. The molecule has 0 atom stereocenters. The Kier molecular flexibility index (Phi) is 4.74. The van der Waals surface area contributed by atoms with Gasteiger partial charge in [0, 0.05) is 23.5 Å². The molecule has 118 valence electrons. The van der Waals surface area contributed by atoms with Crippen LogP contribution in [0.25, 0.3) is 11.1 Å². The second kappa shape index (κ2) is 7.12. The Hall–Kier alpha value is -2.90. The highest BCUT2D eigenvalue weighted by atomic mass is 35.5. The molecule has 0 radical (unpaired) electrons. The van der Waals surface area contributed by atoms with E-state index < -0.39 is 5.82 Å². The molecule has 0 aliphatic carbocycles. The predicted octanol–water partition coefficient (Wildman–Crippen LogP) is 4.99. The number of benzene rings is 2. The lowest BCUT2D eigenvalue weighted by molar-refractivity contribution is 0.307. The summed E-state index contributed by atoms with van der Waals surface area (Å²) < 4.78 is 19.6. The summed E-state index contributed by atoms with van der Waals surface area (Å²) in [6, 6.07) is 15.8. The number of nitrogens with zero attached hydrogens (tertiary/aromatic N) is 2. The Morgan fingerprint density at radius 2 is 1.88 bits per heavy atom. The van der Waals surface area contributed by atoms with Gasteiger partial charge < -0.3 is 4.74 Å². The molecule has 1 aromatic heterocycles. The van der Waals surface area contributed by atoms with Gasteiger partial charge >= 0.3 is 0 Å². The van der Waals surface area contributed by atoms with Crippen molar-refractivity contribution in [1.82, 2.24) is 4.98 Å². The number of nitriles is 1. The van der Waals surface area contributed by atoms with Gasteiger partial charge in [-0.15, -0.1) is 0 Å². The first-order valence-electron chi connectivity index (χ1n) is 7.19. The van der Waals surface area contributed by atoms with Gasteiger partial charge in [-0.3, -0.25) is 4.98 Å². The van der Waals surface area contributed by atoms with Crippen LogP contribution in [-0.4, -0.2) is 4.98 Å². The van der Waals surface area contributed by atoms with Crippen molar-refractivity contribution in [1.29, 1.82) is 5.26 Å². The Bertz CT molecular complexity index is 907. The Labute approximate surface area is 143 Å². The highest BCUT2D eigenvalue weighted by Crippen LogP contribution is 2.36. The summed E-state index contributed by atoms with van der Waals surface area (Å²) in [7, 11) is 0. The van der Waals surface area contributed by atoms with Crippen molar-refractivity contribution < 1.29 is 9.13 Å². The molecule has 2 aromatic carbocycles. The van der Waals surface area contributed by atoms with Crippen LogP contribution < -0.4 is 4.74 Å². The van der Waals surface area contributed by atoms with E-state index in [9.17, 15) is 4.39 Å². The maximum absolute atomic E-state index is 13.7. The number of rotatable bonds is 4. The van der Waals surface area contributed by atoms with Crippen molar-refractivity contribution in [2.45, 2.75) is 6.61 Å². The molecule has 3 nitrogen and oxygen atoms in total. The SMILES string of the molecule is N#Cc1cncc(-c2cc(F)ccc2OCc2ccccc2)c1Cl. The van der Waals surface area contributed by atoms with E-state index in [1.807, 2.05) is 36.4 Å². The molecular formula is C19H12ClFN2O. The first kappa shape index (κ1) is 16.0. The van der Waals surface area contributed by atoms with Gasteiger partial charge in [-0.05, 0) is 23.8 Å². The number of halogens is 2. The number of ether oxygens (including phenoxy) is 1. The molecule has 0 aliphatic heterocycles. The average Bonchev–Trinajstić information content (AvgIpc) is 2.62. The molecule has 0 amide bonds. The van der Waals surface area contributed by atoms with Gasteiger partial charge in [0.05, 0.1) is 10.6 Å². The van der Waals surface area contributed by atoms with E-state index in [2.05, 4.69) is 4.98 Å². The zero-order valence-electron chi connectivity index (χ0n) is 12.5. The molecule has 0 aliphatic rings. The summed E-state index contributed by atoms with van der Waals surface area (Å²) >= 11 is 6.24. The Morgan fingerprint density at radius 3 is 2.62 bits per heavy atom. The molecule has 0 saturated carbocycles. The van der Waals surface area contributed by atoms with Gasteiger partial charge in [0.25, 0.3) is 0 Å². The second-order valence-corrected chi connectivity index (χ2v) is 5.45. The fourth-order valence-electron chi connectivity index (χ4n) is 2.28. The topological polar surface area (TPSA) is 45.9 Å². The third kappa shape index (κ3) is 3.37. The Morgan fingerprint density at radius 1 is 1.08 bits per heavy atom. The number of hydrogen-bond acceptors (Lipinski definition) is 3. The average molecular weight is 339 g/mol. The standard InChI is InChI=1S/C19H12ClFN2O/c20-19-14(9-22)10-23-11-17(19)16-8-15(21)6-7-18(16)24-12-13-4-2-1-3-5-13/h1-8,10-11H,12H2. The minimum atomic E-state index is -0.421. The molecule has 24 heavy (non-hydrogen) atoms. The van der Waals surface area contributed by atoms with Crippen LogP contribution in [0.1, 0.15) is 11.1 Å². The fourth-order valence-corrected chi connectivity index (χ4v) is 2.53. The highest BCUT2D eigenvalue weighted by Gasteiger charge is 2.14. The summed E-state index contributed by atoms with van der Waals surface area (Å²) in [4.78, 5) is 4.00. The number of aromatic nitrogens is 1. The van der Waals surface area contributed by atoms with Crippen LogP contribution in [0.15, 0.2) is 60.9 Å². The lowest BCUT2D eigenvalue weighted by atomic mass is 10.0. The lowest BCUT2D eigenvalue weighted by Crippen LogP contribution is -1.98. The monoisotopic (exact) mass is 338 g/mol. The largest absolute Gasteiger partial charge is 0.488 e. The molecule has 5 heteroatoms. The van der Waals surface area contributed by atoms with Crippen molar-refractivity contribution in [3.8, 4) is 22.9 Å². The van der Waals surface area contributed by atoms with E-state index in [4.69, 9.17) is 21.6 Å². The molecule has 0 spiro atoms. The molecule has 3 aromatic rings. The van der Waals surface area contributed by atoms with E-state index in [1.165, 1.54) is 24.5 Å². The summed E-state index contributed by atoms with van der Waals surface area (Å²) in [6.07, 6.45) is 2.86. The molecule has 0 saturated heterocycles. The van der Waals surface area contributed by atoms with Crippen molar-refractivity contribution in [3.05, 3.63) is 82.9 Å². The highest BCUT2D eigenvalue weighted by molar-refractivity contribution is 6.34. The van der Waals surface area contributed by atoms with Crippen LogP contribution in [0.5, 0.6) is 5.75 Å². The summed E-state index contributed by atoms with van der Waals surface area (Å²) in [5.41, 5.74) is 2.13. The molecule has 1 heterocycles. The van der Waals surface area contributed by atoms with Crippen LogP contribution >= 0.6 is 11.6 Å². The molecule has 0 bridgehead atoms. The van der Waals surface area contributed by atoms with Crippen LogP contribution in [0.4, 0.5) is 4.39 Å². The number of pyridine rings is 1. The van der Waals surface area contributed by atoms with E-state index >= 15 is 0 Å². The predicted molar refractivity (Wildman–Crippen MR) is 90.1 cm³/mol. The van der Waals surface area contributed by atoms with E-state index in [1.54, 1.807) is 6.07 Å². The summed E-state index contributed by atoms with van der Waals surface area (Å²) in [6.45, 7) is 0.336. The number of hydrogen-bond donors (Lipinski definition) is 0. The Balaban J connectivity index is 1.99. The van der Waals surface area contributed by atoms with Crippen LogP contribution in [0, 0.1) is 17.1 Å². The van der Waals surface area contributed by atoms with E-state index in [0.717, 1.165) is 5.56 Å². The van der Waals surface area contributed by atoms with Gasteiger partial charge in [-0.25, -0.2) is 4.39 Å². The second-order valence-electron chi connectivity index (χ2n) is 5.08. The quantitative estimate of drug-likeness (QED) is 0.673. The van der Waals surface area contributed by atoms with Crippen LogP contribution in [0.3, 0.4) is 0 Å². The van der Waals surface area contributed by atoms with Crippen LogP contribution in [-0.2, 0) is 6.61 Å². The molecule has 0 N–H and O–H groups in total. The third-order valence-electron chi connectivity index (χ3n) is 3.47. The maximum atomic E-state index is 13.7. The normalized spacial score (nSPS) is 10.2. The van der Waals surface area contributed by atoms with Gasteiger partial charge in [-0.2, -0.15) is 5.26 Å². The van der Waals surface area contributed by atoms with Gasteiger partial charge in [0.15, 0.2) is 0 Å². The molecule has 3 rings (SSSR count). The van der Waals surface area contributed by atoms with Gasteiger partial charge in [0.1, 0.15) is 24.2 Å². The first-order chi connectivity index (χ1) is 11.7. The fraction of sp³-hybridized carbons (Fsp3) is 0.0526. The van der Waals surface area contributed by atoms with Crippen LogP contribution in [0.2, 0.25) is 5.02 Å². The van der Waals surface area contributed by atoms with E-state index in [-0.39, 0.29) is 10.6 Å². The smallest absolute Gasteiger partial charge is 0.127 e. The van der Waals surface area contributed by atoms with Crippen molar-refractivity contribution >= 4 is 11.6 Å².